The molecule has 124 valence electrons. The third-order valence-electron chi connectivity index (χ3n) is 4.16. The van der Waals surface area contributed by atoms with E-state index >= 15 is 0 Å². The van der Waals surface area contributed by atoms with Crippen molar-refractivity contribution in [3.63, 3.8) is 0 Å². The zero-order valence-electron chi connectivity index (χ0n) is 13.4. The van der Waals surface area contributed by atoms with Gasteiger partial charge in [0.05, 0.1) is 4.90 Å². The fourth-order valence-corrected chi connectivity index (χ4v) is 4.45. The Morgan fingerprint density at radius 1 is 1.14 bits per heavy atom. The first-order chi connectivity index (χ1) is 10.4. The number of aryl methyl sites for hydroxylation is 1. The van der Waals surface area contributed by atoms with E-state index in [9.17, 15) is 12.8 Å². The van der Waals surface area contributed by atoms with E-state index < -0.39 is 15.8 Å². The van der Waals surface area contributed by atoms with Gasteiger partial charge in [-0.15, -0.1) is 0 Å². The molecule has 1 aliphatic heterocycles. The SMILES string of the molecule is CCCCCN1CCN(S(=O)(=O)c2ccc(F)cc2C)CC1. The molecule has 0 saturated carbocycles. The van der Waals surface area contributed by atoms with Gasteiger partial charge in [-0.05, 0) is 43.7 Å². The van der Waals surface area contributed by atoms with Crippen molar-refractivity contribution in [1.82, 2.24) is 9.21 Å². The van der Waals surface area contributed by atoms with Crippen molar-refractivity contribution in [2.45, 2.75) is 38.0 Å². The lowest BCUT2D eigenvalue weighted by atomic mass is 10.2. The summed E-state index contributed by atoms with van der Waals surface area (Å²) in [5.41, 5.74) is 0.463. The largest absolute Gasteiger partial charge is 0.301 e. The number of hydrogen-bond acceptors (Lipinski definition) is 3. The molecule has 1 heterocycles. The normalized spacial score (nSPS) is 17.8. The van der Waals surface area contributed by atoms with E-state index in [1.807, 2.05) is 0 Å². The number of rotatable bonds is 6. The Morgan fingerprint density at radius 3 is 2.41 bits per heavy atom. The second-order valence-corrected chi connectivity index (χ2v) is 7.77. The predicted molar refractivity (Wildman–Crippen MR) is 85.9 cm³/mol. The fraction of sp³-hybridized carbons (Fsp3) is 0.625. The maximum atomic E-state index is 13.2. The Labute approximate surface area is 133 Å². The molecule has 1 aromatic rings. The van der Waals surface area contributed by atoms with Crippen LogP contribution in [0.2, 0.25) is 0 Å². The summed E-state index contributed by atoms with van der Waals surface area (Å²) in [6.07, 6.45) is 3.58. The van der Waals surface area contributed by atoms with Crippen LogP contribution in [0.15, 0.2) is 23.1 Å². The minimum Gasteiger partial charge on any atom is -0.301 e. The molecule has 0 atom stereocenters. The minimum atomic E-state index is -3.52. The third-order valence-corrected chi connectivity index (χ3v) is 6.22. The van der Waals surface area contributed by atoms with E-state index in [-0.39, 0.29) is 4.90 Å². The maximum absolute atomic E-state index is 13.2. The van der Waals surface area contributed by atoms with Crippen LogP contribution in [0.3, 0.4) is 0 Å². The van der Waals surface area contributed by atoms with Gasteiger partial charge in [-0.1, -0.05) is 19.8 Å². The summed E-state index contributed by atoms with van der Waals surface area (Å²) in [7, 11) is -3.52. The van der Waals surface area contributed by atoms with Crippen molar-refractivity contribution in [2.24, 2.45) is 0 Å². The van der Waals surface area contributed by atoms with Crippen molar-refractivity contribution in [3.05, 3.63) is 29.6 Å². The smallest absolute Gasteiger partial charge is 0.243 e. The Balaban J connectivity index is 2.00. The minimum absolute atomic E-state index is 0.216. The molecule has 1 fully saturated rings. The zero-order valence-corrected chi connectivity index (χ0v) is 14.2. The first-order valence-electron chi connectivity index (χ1n) is 7.94. The van der Waals surface area contributed by atoms with E-state index in [1.165, 1.54) is 41.8 Å². The van der Waals surface area contributed by atoms with Gasteiger partial charge in [0.25, 0.3) is 0 Å². The fourth-order valence-electron chi connectivity index (χ4n) is 2.82. The van der Waals surface area contributed by atoms with E-state index in [4.69, 9.17) is 0 Å². The predicted octanol–water partition coefficient (Wildman–Crippen LogP) is 2.63. The van der Waals surface area contributed by atoms with Crippen molar-refractivity contribution >= 4 is 10.0 Å². The molecule has 0 aromatic heterocycles. The summed E-state index contributed by atoms with van der Waals surface area (Å²) in [6, 6.07) is 3.85. The summed E-state index contributed by atoms with van der Waals surface area (Å²) >= 11 is 0. The number of unbranched alkanes of at least 4 members (excludes halogenated alkanes) is 2. The summed E-state index contributed by atoms with van der Waals surface area (Å²) in [6.45, 7) is 7.40. The van der Waals surface area contributed by atoms with Gasteiger partial charge in [0.15, 0.2) is 0 Å². The second kappa shape index (κ2) is 7.53. The summed E-state index contributed by atoms with van der Waals surface area (Å²) in [4.78, 5) is 2.53. The highest BCUT2D eigenvalue weighted by Crippen LogP contribution is 2.22. The quantitative estimate of drug-likeness (QED) is 0.754. The van der Waals surface area contributed by atoms with Crippen LogP contribution in [0.4, 0.5) is 4.39 Å². The van der Waals surface area contributed by atoms with E-state index in [1.54, 1.807) is 6.92 Å². The lowest BCUT2D eigenvalue weighted by Gasteiger charge is -2.34. The molecule has 22 heavy (non-hydrogen) atoms. The summed E-state index contributed by atoms with van der Waals surface area (Å²) < 4.78 is 40.0. The van der Waals surface area contributed by atoms with E-state index in [2.05, 4.69) is 11.8 Å². The van der Waals surface area contributed by atoms with E-state index in [0.717, 1.165) is 19.6 Å². The molecule has 0 amide bonds. The van der Waals surface area contributed by atoms with Crippen LogP contribution in [0, 0.1) is 12.7 Å². The molecule has 0 unspecified atom stereocenters. The van der Waals surface area contributed by atoms with Gasteiger partial charge in [-0.25, -0.2) is 12.8 Å². The van der Waals surface area contributed by atoms with Gasteiger partial charge < -0.3 is 4.90 Å². The van der Waals surface area contributed by atoms with Crippen molar-refractivity contribution in [2.75, 3.05) is 32.7 Å². The number of piperazine rings is 1. The molecule has 0 aliphatic carbocycles. The number of nitrogens with zero attached hydrogens (tertiary/aromatic N) is 2. The molecular formula is C16H25FN2O2S. The van der Waals surface area contributed by atoms with Crippen molar-refractivity contribution in [1.29, 1.82) is 0 Å². The average Bonchev–Trinajstić information content (AvgIpc) is 2.47. The van der Waals surface area contributed by atoms with Crippen molar-refractivity contribution in [3.8, 4) is 0 Å². The maximum Gasteiger partial charge on any atom is 0.243 e. The van der Waals surface area contributed by atoms with Crippen LogP contribution >= 0.6 is 0 Å². The monoisotopic (exact) mass is 328 g/mol. The van der Waals surface area contributed by atoms with Crippen LogP contribution in [0.1, 0.15) is 31.7 Å². The Bertz CT molecular complexity index is 596. The molecule has 4 nitrogen and oxygen atoms in total. The molecule has 1 saturated heterocycles. The Morgan fingerprint density at radius 2 is 1.82 bits per heavy atom. The lowest BCUT2D eigenvalue weighted by Crippen LogP contribution is -2.48. The summed E-state index contributed by atoms with van der Waals surface area (Å²) in [5.74, 6) is -0.405. The molecule has 1 aliphatic rings. The number of halogens is 1. The van der Waals surface area contributed by atoms with Gasteiger partial charge >= 0.3 is 0 Å². The highest BCUT2D eigenvalue weighted by molar-refractivity contribution is 7.89. The molecule has 6 heteroatoms. The van der Waals surface area contributed by atoms with Gasteiger partial charge in [0.2, 0.25) is 10.0 Å². The van der Waals surface area contributed by atoms with Crippen LogP contribution < -0.4 is 0 Å². The van der Waals surface area contributed by atoms with Crippen LogP contribution in [-0.4, -0.2) is 50.3 Å². The van der Waals surface area contributed by atoms with Crippen LogP contribution in [-0.2, 0) is 10.0 Å². The number of benzene rings is 1. The summed E-state index contributed by atoms with van der Waals surface area (Å²) in [5, 5.41) is 0. The highest BCUT2D eigenvalue weighted by atomic mass is 32.2. The number of sulfonamides is 1. The topological polar surface area (TPSA) is 40.6 Å². The standard InChI is InChI=1S/C16H25FN2O2S/c1-3-4-5-8-18-9-11-19(12-10-18)22(20,21)16-7-6-15(17)13-14(16)2/h6-7,13H,3-5,8-12H2,1-2H3. The Kier molecular flexibility index (Phi) is 5.94. The molecule has 0 radical (unpaired) electrons. The molecular weight excluding hydrogens is 303 g/mol. The van der Waals surface area contributed by atoms with E-state index in [0.29, 0.717) is 18.7 Å². The van der Waals surface area contributed by atoms with Crippen LogP contribution in [0.5, 0.6) is 0 Å². The second-order valence-electron chi connectivity index (χ2n) is 5.86. The van der Waals surface area contributed by atoms with Gasteiger partial charge in [0.1, 0.15) is 5.82 Å². The molecule has 0 spiro atoms. The zero-order chi connectivity index (χ0) is 16.2. The van der Waals surface area contributed by atoms with Gasteiger partial charge in [-0.3, -0.25) is 0 Å². The average molecular weight is 328 g/mol. The molecule has 2 rings (SSSR count). The van der Waals surface area contributed by atoms with Crippen LogP contribution in [0.25, 0.3) is 0 Å². The van der Waals surface area contributed by atoms with Gasteiger partial charge in [0, 0.05) is 26.2 Å². The molecule has 0 bridgehead atoms. The Hall–Kier alpha value is -0.980. The van der Waals surface area contributed by atoms with Gasteiger partial charge in [-0.2, -0.15) is 4.31 Å². The molecule has 0 N–H and O–H groups in total. The molecule has 1 aromatic carbocycles. The first kappa shape index (κ1) is 17.4. The third kappa shape index (κ3) is 4.06. The lowest BCUT2D eigenvalue weighted by molar-refractivity contribution is 0.185. The highest BCUT2D eigenvalue weighted by Gasteiger charge is 2.29. The van der Waals surface area contributed by atoms with Crippen molar-refractivity contribution < 1.29 is 12.8 Å². The number of hydrogen-bond donors (Lipinski definition) is 0. The first-order valence-corrected chi connectivity index (χ1v) is 9.38.